The predicted molar refractivity (Wildman–Crippen MR) is 140 cm³/mol. The lowest BCUT2D eigenvalue weighted by Crippen LogP contribution is -2.42. The number of anilines is 1. The number of carbonyl (C=O) groups is 1. The van der Waals surface area contributed by atoms with Crippen LogP contribution >= 0.6 is 7.75 Å². The van der Waals surface area contributed by atoms with E-state index in [9.17, 15) is 28.0 Å². The van der Waals surface area contributed by atoms with Gasteiger partial charge in [-0.1, -0.05) is 30.3 Å². The molecule has 4 N–H and O–H groups in total. The van der Waals surface area contributed by atoms with Gasteiger partial charge in [-0.15, -0.1) is 0 Å². The van der Waals surface area contributed by atoms with Gasteiger partial charge in [0.15, 0.2) is 6.10 Å². The number of hydrogen-bond donors (Lipinski definition) is 3. The van der Waals surface area contributed by atoms with E-state index in [1.54, 1.807) is 38.1 Å². The number of halogens is 2. The second-order valence-electron chi connectivity index (χ2n) is 9.42. The van der Waals surface area contributed by atoms with Crippen LogP contribution in [0, 0.1) is 0 Å². The summed E-state index contributed by atoms with van der Waals surface area (Å²) in [4.78, 5) is 27.9. The summed E-state index contributed by atoms with van der Waals surface area (Å²) in [5.74, 6) is -4.82. The molecule has 0 bridgehead atoms. The van der Waals surface area contributed by atoms with Gasteiger partial charge in [-0.25, -0.2) is 9.36 Å². The highest BCUT2D eigenvalue weighted by Gasteiger charge is 2.60. The molecular weight excluding hydrogens is 553 g/mol. The number of esters is 1. The number of nitrogen functional groups attached to an aromatic ring is 1. The van der Waals surface area contributed by atoms with Crippen molar-refractivity contribution in [2.45, 2.75) is 57.3 Å². The van der Waals surface area contributed by atoms with E-state index in [2.05, 4.69) is 10.1 Å². The Bertz CT molecular complexity index is 1490. The van der Waals surface area contributed by atoms with Crippen molar-refractivity contribution in [3.05, 3.63) is 65.2 Å². The molecule has 2 heterocycles. The molecule has 0 spiro atoms. The van der Waals surface area contributed by atoms with Crippen LogP contribution in [-0.2, 0) is 23.4 Å². The van der Waals surface area contributed by atoms with Crippen LogP contribution in [0.3, 0.4) is 0 Å². The maximum absolute atomic E-state index is 14.9. The SMILES string of the molecule is CC(C)OC(=O)C(C)NP(=O)(OCC1OC(n2ccc(N)nc2=O)C(F)(F)C1O)Oc1ccc2ccccc2c1. The van der Waals surface area contributed by atoms with Crippen LogP contribution in [0.5, 0.6) is 5.75 Å². The number of ether oxygens (including phenoxy) is 2. The fourth-order valence-electron chi connectivity index (χ4n) is 3.96. The smallest absolute Gasteiger partial charge is 0.459 e. The van der Waals surface area contributed by atoms with Gasteiger partial charge in [-0.3, -0.25) is 13.9 Å². The standard InChI is InChI=1S/C25H29F2N4O8P/c1-14(2)37-22(33)15(3)30-40(35,39-18-9-8-16-6-4-5-7-17(16)12-18)36-13-19-21(32)25(26,27)23(38-19)31-11-10-20(28)29-24(31)34/h4-12,14-15,19,21,23,32H,13H2,1-3H3,(H,30,35)(H2,28,29,34). The second-order valence-corrected chi connectivity index (χ2v) is 11.1. The molecule has 12 nitrogen and oxygen atoms in total. The Labute approximate surface area is 227 Å². The highest BCUT2D eigenvalue weighted by atomic mass is 31.2. The summed E-state index contributed by atoms with van der Waals surface area (Å²) in [7, 11) is -4.49. The van der Waals surface area contributed by atoms with Crippen molar-refractivity contribution in [3.8, 4) is 5.75 Å². The zero-order valence-corrected chi connectivity index (χ0v) is 22.7. The van der Waals surface area contributed by atoms with Crippen molar-refractivity contribution in [1.82, 2.24) is 14.6 Å². The number of aliphatic hydroxyl groups excluding tert-OH is 1. The van der Waals surface area contributed by atoms with Crippen molar-refractivity contribution in [1.29, 1.82) is 0 Å². The van der Waals surface area contributed by atoms with E-state index in [1.165, 1.54) is 13.0 Å². The average Bonchev–Trinajstić information content (AvgIpc) is 3.10. The van der Waals surface area contributed by atoms with Gasteiger partial charge in [0, 0.05) is 6.20 Å². The summed E-state index contributed by atoms with van der Waals surface area (Å²) < 4.78 is 65.6. The molecule has 5 unspecified atom stereocenters. The van der Waals surface area contributed by atoms with Gasteiger partial charge < -0.3 is 24.8 Å². The normalized spacial score (nSPS) is 22.6. The topological polar surface area (TPSA) is 164 Å². The monoisotopic (exact) mass is 582 g/mol. The number of fused-ring (bicyclic) bond motifs is 1. The lowest BCUT2D eigenvalue weighted by Gasteiger charge is -2.25. The molecule has 4 rings (SSSR count). The molecular formula is C25H29F2N4O8P. The lowest BCUT2D eigenvalue weighted by atomic mass is 10.1. The summed E-state index contributed by atoms with van der Waals surface area (Å²) in [6, 6.07) is 12.0. The Kier molecular flexibility index (Phi) is 8.57. The van der Waals surface area contributed by atoms with E-state index < -0.39 is 62.5 Å². The Morgan fingerprint density at radius 2 is 1.93 bits per heavy atom. The Morgan fingerprint density at radius 1 is 1.23 bits per heavy atom. The van der Waals surface area contributed by atoms with E-state index >= 15 is 0 Å². The summed E-state index contributed by atoms with van der Waals surface area (Å²) in [6.07, 6.45) is -5.97. The first-order chi connectivity index (χ1) is 18.8. The summed E-state index contributed by atoms with van der Waals surface area (Å²) in [6.45, 7) is 3.75. The van der Waals surface area contributed by atoms with Gasteiger partial charge in [0.1, 0.15) is 23.7 Å². The third-order valence-electron chi connectivity index (χ3n) is 5.90. The first-order valence-corrected chi connectivity index (χ1v) is 13.8. The number of carbonyl (C=O) groups excluding carboxylic acids is 1. The largest absolute Gasteiger partial charge is 0.462 e. The summed E-state index contributed by atoms with van der Waals surface area (Å²) >= 11 is 0. The van der Waals surface area contributed by atoms with E-state index in [-0.39, 0.29) is 11.6 Å². The number of nitrogens with zero attached hydrogens (tertiary/aromatic N) is 2. The molecule has 1 aromatic heterocycles. The average molecular weight is 582 g/mol. The minimum atomic E-state index is -4.49. The molecule has 0 saturated carbocycles. The fourth-order valence-corrected chi connectivity index (χ4v) is 5.45. The molecule has 1 aliphatic rings. The Balaban J connectivity index is 1.57. The molecule has 1 aliphatic heterocycles. The van der Waals surface area contributed by atoms with Crippen molar-refractivity contribution in [2.75, 3.05) is 12.3 Å². The first-order valence-electron chi connectivity index (χ1n) is 12.3. The van der Waals surface area contributed by atoms with Crippen LogP contribution in [0.2, 0.25) is 0 Å². The fraction of sp³-hybridized carbons (Fsp3) is 0.400. The van der Waals surface area contributed by atoms with Crippen molar-refractivity contribution < 1.29 is 41.8 Å². The third-order valence-corrected chi connectivity index (χ3v) is 7.54. The van der Waals surface area contributed by atoms with E-state index in [4.69, 9.17) is 24.3 Å². The molecule has 2 aromatic carbocycles. The molecule has 0 aliphatic carbocycles. The molecule has 216 valence electrons. The molecule has 0 radical (unpaired) electrons. The van der Waals surface area contributed by atoms with Crippen LogP contribution in [0.25, 0.3) is 10.8 Å². The molecule has 0 amide bonds. The number of alkyl halides is 2. The van der Waals surface area contributed by atoms with Gasteiger partial charge in [-0.2, -0.15) is 18.9 Å². The maximum Gasteiger partial charge on any atom is 0.459 e. The zero-order valence-electron chi connectivity index (χ0n) is 21.8. The van der Waals surface area contributed by atoms with Gasteiger partial charge in [0.2, 0.25) is 6.23 Å². The number of nitrogens with two attached hydrogens (primary N) is 1. The maximum atomic E-state index is 14.9. The number of nitrogens with one attached hydrogen (secondary N) is 1. The molecule has 1 saturated heterocycles. The predicted octanol–water partition coefficient (Wildman–Crippen LogP) is 3.01. The van der Waals surface area contributed by atoms with Crippen LogP contribution in [-0.4, -0.2) is 57.5 Å². The van der Waals surface area contributed by atoms with Gasteiger partial charge in [0.05, 0.1) is 12.7 Å². The van der Waals surface area contributed by atoms with Gasteiger partial charge in [0.25, 0.3) is 0 Å². The first kappa shape index (κ1) is 29.6. The summed E-state index contributed by atoms with van der Waals surface area (Å²) in [5, 5.41) is 14.4. The van der Waals surface area contributed by atoms with Gasteiger partial charge in [-0.05, 0) is 49.7 Å². The van der Waals surface area contributed by atoms with Crippen LogP contribution in [0.15, 0.2) is 59.5 Å². The minimum absolute atomic E-state index is 0.0922. The highest BCUT2D eigenvalue weighted by Crippen LogP contribution is 2.48. The van der Waals surface area contributed by atoms with Crippen LogP contribution < -0.4 is 21.0 Å². The second kappa shape index (κ2) is 11.6. The molecule has 15 heteroatoms. The Hall–Kier alpha value is -3.42. The van der Waals surface area contributed by atoms with Crippen LogP contribution in [0.4, 0.5) is 14.6 Å². The molecule has 40 heavy (non-hydrogen) atoms. The molecule has 1 fully saturated rings. The highest BCUT2D eigenvalue weighted by molar-refractivity contribution is 7.52. The Morgan fingerprint density at radius 3 is 2.60 bits per heavy atom. The number of rotatable bonds is 10. The van der Waals surface area contributed by atoms with Crippen molar-refractivity contribution in [3.63, 3.8) is 0 Å². The lowest BCUT2D eigenvalue weighted by molar-refractivity contribution is -0.149. The number of aromatic nitrogens is 2. The molecule has 5 atom stereocenters. The van der Waals surface area contributed by atoms with Crippen molar-refractivity contribution >= 4 is 30.3 Å². The quantitative estimate of drug-likeness (QED) is 0.238. The third kappa shape index (κ3) is 6.48. The molecule has 3 aromatic rings. The summed E-state index contributed by atoms with van der Waals surface area (Å²) in [5.41, 5.74) is 4.30. The van der Waals surface area contributed by atoms with E-state index in [1.807, 2.05) is 12.1 Å². The zero-order chi connectivity index (χ0) is 29.2. The van der Waals surface area contributed by atoms with E-state index in [0.29, 0.717) is 4.57 Å². The number of hydrogen-bond acceptors (Lipinski definition) is 10. The van der Waals surface area contributed by atoms with Crippen molar-refractivity contribution in [2.24, 2.45) is 0 Å². The van der Waals surface area contributed by atoms with Gasteiger partial charge >= 0.3 is 25.3 Å². The number of aliphatic hydroxyl groups is 1. The van der Waals surface area contributed by atoms with Crippen LogP contribution in [0.1, 0.15) is 27.0 Å². The number of benzene rings is 2. The van der Waals surface area contributed by atoms with E-state index in [0.717, 1.165) is 23.0 Å². The minimum Gasteiger partial charge on any atom is -0.462 e.